The summed E-state index contributed by atoms with van der Waals surface area (Å²) in [6.07, 6.45) is 3.39. The number of ether oxygens (including phenoxy) is 1. The Morgan fingerprint density at radius 1 is 1.29 bits per heavy atom. The SMILES string of the molecule is CNc1cc(F)cc2c1[nH]c1nc(Oc3cnc(C#N)c(C)c3)nc(N3CC4CC3CC4N)c12. The summed E-state index contributed by atoms with van der Waals surface area (Å²) in [7, 11) is 1.75. The quantitative estimate of drug-likeness (QED) is 0.423. The molecule has 2 fully saturated rings. The van der Waals surface area contributed by atoms with E-state index in [0.29, 0.717) is 45.5 Å². The van der Waals surface area contributed by atoms with Crippen LogP contribution in [0.1, 0.15) is 24.1 Å². The standard InChI is InChI=1S/C24H23FN8O/c1-11-3-15(9-29-19(11)8-26)34-24-31-22-20(16-5-13(25)6-18(28-2)21(16)30-22)23(32-24)33-10-12-4-14(33)7-17(12)27/h3,5-6,9,12,14,17,28H,4,7,10,27H2,1-2H3,(H,30,31,32). The topological polar surface area (TPSA) is 129 Å². The summed E-state index contributed by atoms with van der Waals surface area (Å²) in [5.74, 6) is 1.20. The van der Waals surface area contributed by atoms with Crippen molar-refractivity contribution in [3.05, 3.63) is 41.5 Å². The summed E-state index contributed by atoms with van der Waals surface area (Å²) in [6.45, 7) is 2.58. The number of nitrogens with two attached hydrogens (primary N) is 1. The van der Waals surface area contributed by atoms with Gasteiger partial charge in [-0.05, 0) is 49.4 Å². The summed E-state index contributed by atoms with van der Waals surface area (Å²) in [5, 5.41) is 13.7. The molecule has 4 aromatic rings. The Hall–Kier alpha value is -3.97. The maximum absolute atomic E-state index is 14.5. The van der Waals surface area contributed by atoms with Gasteiger partial charge in [0, 0.05) is 31.1 Å². The molecule has 6 rings (SSSR count). The van der Waals surface area contributed by atoms with E-state index in [1.54, 1.807) is 20.0 Å². The number of piperidine rings is 1. The van der Waals surface area contributed by atoms with Gasteiger partial charge in [0.15, 0.2) is 0 Å². The number of rotatable bonds is 4. The minimum atomic E-state index is -0.340. The van der Waals surface area contributed by atoms with Gasteiger partial charge in [-0.1, -0.05) is 0 Å². The van der Waals surface area contributed by atoms with Gasteiger partial charge in [0.1, 0.15) is 34.8 Å². The first-order chi connectivity index (χ1) is 16.4. The van der Waals surface area contributed by atoms with E-state index in [2.05, 4.69) is 25.2 Å². The molecule has 2 bridgehead atoms. The zero-order valence-electron chi connectivity index (χ0n) is 18.8. The van der Waals surface area contributed by atoms with Gasteiger partial charge in [-0.25, -0.2) is 9.37 Å². The Morgan fingerprint density at radius 3 is 2.82 bits per heavy atom. The highest BCUT2D eigenvalue weighted by Crippen LogP contribution is 2.44. The molecule has 4 N–H and O–H groups in total. The number of benzene rings is 1. The van der Waals surface area contributed by atoms with Gasteiger partial charge in [0.2, 0.25) is 0 Å². The molecular weight excluding hydrogens is 435 g/mol. The molecule has 172 valence electrons. The third-order valence-electron chi connectivity index (χ3n) is 6.99. The highest BCUT2D eigenvalue weighted by Gasteiger charge is 2.44. The van der Waals surface area contributed by atoms with E-state index in [0.717, 1.165) is 30.3 Å². The van der Waals surface area contributed by atoms with Crippen molar-refractivity contribution in [2.75, 3.05) is 23.8 Å². The van der Waals surface area contributed by atoms with Crippen molar-refractivity contribution in [1.29, 1.82) is 5.26 Å². The minimum absolute atomic E-state index is 0.151. The second kappa shape index (κ2) is 7.53. The van der Waals surface area contributed by atoms with Crippen LogP contribution < -0.4 is 20.7 Å². The molecule has 1 aliphatic carbocycles. The number of nitrogens with zero attached hydrogens (tertiary/aromatic N) is 5. The first-order valence-corrected chi connectivity index (χ1v) is 11.2. The number of nitriles is 1. The van der Waals surface area contributed by atoms with Gasteiger partial charge in [0.05, 0.1) is 22.8 Å². The van der Waals surface area contributed by atoms with E-state index >= 15 is 0 Å². The van der Waals surface area contributed by atoms with Crippen LogP contribution in [0.25, 0.3) is 21.9 Å². The maximum atomic E-state index is 14.5. The Labute approximate surface area is 194 Å². The van der Waals surface area contributed by atoms with Gasteiger partial charge in [-0.2, -0.15) is 15.2 Å². The predicted molar refractivity (Wildman–Crippen MR) is 126 cm³/mol. The minimum Gasteiger partial charge on any atom is -0.423 e. The highest BCUT2D eigenvalue weighted by atomic mass is 19.1. The smallest absolute Gasteiger partial charge is 0.326 e. The molecule has 3 aromatic heterocycles. The number of hydrogen-bond acceptors (Lipinski definition) is 8. The lowest BCUT2D eigenvalue weighted by Gasteiger charge is -2.31. The average Bonchev–Trinajstić information content (AvgIpc) is 3.50. The Kier molecular flexibility index (Phi) is 4.57. The molecule has 1 saturated heterocycles. The molecule has 0 amide bonds. The van der Waals surface area contributed by atoms with Crippen molar-refractivity contribution in [2.24, 2.45) is 11.7 Å². The van der Waals surface area contributed by atoms with Crippen molar-refractivity contribution < 1.29 is 9.13 Å². The fraction of sp³-hybridized carbons (Fsp3) is 0.333. The van der Waals surface area contributed by atoms with Gasteiger partial charge < -0.3 is 25.7 Å². The van der Waals surface area contributed by atoms with Crippen molar-refractivity contribution >= 4 is 33.4 Å². The molecule has 0 radical (unpaired) electrons. The van der Waals surface area contributed by atoms with Gasteiger partial charge in [-0.15, -0.1) is 0 Å². The number of H-pyrrole nitrogens is 1. The molecule has 34 heavy (non-hydrogen) atoms. The molecule has 9 nitrogen and oxygen atoms in total. The highest BCUT2D eigenvalue weighted by molar-refractivity contribution is 6.14. The third-order valence-corrected chi connectivity index (χ3v) is 6.99. The van der Waals surface area contributed by atoms with Crippen LogP contribution in [0.4, 0.5) is 15.9 Å². The van der Waals surface area contributed by atoms with Crippen LogP contribution in [0.3, 0.4) is 0 Å². The fourth-order valence-corrected chi connectivity index (χ4v) is 5.36. The Bertz CT molecular complexity index is 1490. The number of anilines is 2. The molecule has 4 heterocycles. The number of aryl methyl sites for hydroxylation is 1. The zero-order chi connectivity index (χ0) is 23.6. The van der Waals surface area contributed by atoms with E-state index in [9.17, 15) is 4.39 Å². The molecule has 1 aromatic carbocycles. The maximum Gasteiger partial charge on any atom is 0.326 e. The van der Waals surface area contributed by atoms with Crippen LogP contribution in [-0.4, -0.2) is 45.6 Å². The van der Waals surface area contributed by atoms with E-state index in [1.807, 2.05) is 6.07 Å². The summed E-state index contributed by atoms with van der Waals surface area (Å²) in [5.41, 5.74) is 9.28. The van der Waals surface area contributed by atoms with Crippen molar-refractivity contribution in [2.45, 2.75) is 31.8 Å². The summed E-state index contributed by atoms with van der Waals surface area (Å²) in [6, 6.07) is 7.35. The number of halogens is 1. The third kappa shape index (κ3) is 3.12. The van der Waals surface area contributed by atoms with Crippen LogP contribution in [0.5, 0.6) is 11.8 Å². The number of aromatic nitrogens is 4. The number of pyridine rings is 1. The normalized spacial score (nSPS) is 21.4. The van der Waals surface area contributed by atoms with Gasteiger partial charge in [-0.3, -0.25) is 0 Å². The summed E-state index contributed by atoms with van der Waals surface area (Å²) >= 11 is 0. The largest absolute Gasteiger partial charge is 0.423 e. The monoisotopic (exact) mass is 458 g/mol. The molecule has 10 heteroatoms. The van der Waals surface area contributed by atoms with Crippen LogP contribution in [0.2, 0.25) is 0 Å². The van der Waals surface area contributed by atoms with Gasteiger partial charge in [0.25, 0.3) is 0 Å². The zero-order valence-corrected chi connectivity index (χ0v) is 18.8. The molecule has 3 atom stereocenters. The first-order valence-electron chi connectivity index (χ1n) is 11.2. The molecular formula is C24H23FN8O. The number of nitrogens with one attached hydrogen (secondary N) is 2. The van der Waals surface area contributed by atoms with E-state index in [1.165, 1.54) is 18.3 Å². The summed E-state index contributed by atoms with van der Waals surface area (Å²) < 4.78 is 20.5. The van der Waals surface area contributed by atoms with Crippen LogP contribution in [-0.2, 0) is 0 Å². The number of aromatic amines is 1. The van der Waals surface area contributed by atoms with Crippen LogP contribution in [0.15, 0.2) is 24.4 Å². The molecule has 2 aliphatic rings. The van der Waals surface area contributed by atoms with E-state index in [-0.39, 0.29) is 23.9 Å². The molecule has 1 aliphatic heterocycles. The molecule has 0 spiro atoms. The molecule has 1 saturated carbocycles. The second-order valence-electron chi connectivity index (χ2n) is 9.06. The van der Waals surface area contributed by atoms with Crippen molar-refractivity contribution in [1.82, 2.24) is 19.9 Å². The first kappa shape index (κ1) is 20.6. The van der Waals surface area contributed by atoms with Crippen molar-refractivity contribution in [3.8, 4) is 17.8 Å². The lowest BCUT2D eigenvalue weighted by Crippen LogP contribution is -2.41. The predicted octanol–water partition coefficient (Wildman–Crippen LogP) is 3.59. The number of fused-ring (bicyclic) bond motifs is 5. The van der Waals surface area contributed by atoms with E-state index < -0.39 is 0 Å². The lowest BCUT2D eigenvalue weighted by molar-refractivity contribution is 0.437. The second-order valence-corrected chi connectivity index (χ2v) is 9.06. The fourth-order valence-electron chi connectivity index (χ4n) is 5.36. The molecule has 3 unspecified atom stereocenters. The van der Waals surface area contributed by atoms with Crippen molar-refractivity contribution in [3.63, 3.8) is 0 Å². The van der Waals surface area contributed by atoms with Gasteiger partial charge >= 0.3 is 6.01 Å². The Morgan fingerprint density at radius 2 is 2.15 bits per heavy atom. The lowest BCUT2D eigenvalue weighted by atomic mass is 10.0. The summed E-state index contributed by atoms with van der Waals surface area (Å²) in [4.78, 5) is 19.1. The Balaban J connectivity index is 1.53. The van der Waals surface area contributed by atoms with Crippen LogP contribution in [0, 0.1) is 30.0 Å². The van der Waals surface area contributed by atoms with Crippen LogP contribution >= 0.6 is 0 Å². The average molecular weight is 459 g/mol. The number of hydrogen-bond donors (Lipinski definition) is 3. The van der Waals surface area contributed by atoms with E-state index in [4.69, 9.17) is 20.7 Å².